The Kier molecular flexibility index (Phi) is 13.2. The van der Waals surface area contributed by atoms with Crippen molar-refractivity contribution in [1.29, 1.82) is 0 Å². The molecule has 4 aliphatic carbocycles. The van der Waals surface area contributed by atoms with Gasteiger partial charge in [0.15, 0.2) is 11.5 Å². The second kappa shape index (κ2) is 14.7. The van der Waals surface area contributed by atoms with Gasteiger partial charge in [0, 0.05) is 5.41 Å². The van der Waals surface area contributed by atoms with Gasteiger partial charge in [-0.1, -0.05) is 65.2 Å². The Bertz CT molecular complexity index is 454. The minimum atomic E-state index is 0. The highest BCUT2D eigenvalue weighted by Gasteiger charge is 2.55. The molecule has 1 nitrogen and oxygen atoms in total. The maximum atomic E-state index is 13.7. The average Bonchev–Trinajstić information content (AvgIpc) is 2.71. The number of ketones is 1. The fourth-order valence-electron chi connectivity index (χ4n) is 7.21. The van der Waals surface area contributed by atoms with Crippen LogP contribution in [0.2, 0.25) is 0 Å². The highest BCUT2D eigenvalue weighted by Crippen LogP contribution is 2.60. The van der Waals surface area contributed by atoms with E-state index >= 15 is 0 Å². The van der Waals surface area contributed by atoms with E-state index in [4.69, 9.17) is 0 Å². The Labute approximate surface area is 207 Å². The first kappa shape index (κ1) is 27.7. The Morgan fingerprint density at radius 1 is 0.677 bits per heavy atom. The minimum absolute atomic E-state index is 0. The van der Waals surface area contributed by atoms with Crippen molar-refractivity contribution >= 4 is 16.7 Å². The first-order chi connectivity index (χ1) is 14.6. The maximum Gasteiger partial charge on any atom is 0.187 e. The average molecular weight is 516 g/mol. The molecule has 0 N–H and O–H groups in total. The van der Waals surface area contributed by atoms with Crippen LogP contribution in [0.4, 0.5) is 0 Å². The van der Waals surface area contributed by atoms with Crippen molar-refractivity contribution in [3.63, 3.8) is 0 Å². The molecule has 0 radical (unpaired) electrons. The van der Waals surface area contributed by atoms with Crippen LogP contribution in [0, 0.1) is 23.2 Å². The van der Waals surface area contributed by atoms with Gasteiger partial charge in [-0.3, -0.25) is 4.79 Å². The van der Waals surface area contributed by atoms with Crippen LogP contribution in [0.3, 0.4) is 0 Å². The molecule has 0 aromatic rings. The Morgan fingerprint density at radius 2 is 1.06 bits per heavy atom. The summed E-state index contributed by atoms with van der Waals surface area (Å²) >= 11 is 0. The van der Waals surface area contributed by atoms with E-state index < -0.39 is 0 Å². The van der Waals surface area contributed by atoms with E-state index in [1.807, 2.05) is 0 Å². The molecule has 0 aliphatic heterocycles. The van der Waals surface area contributed by atoms with Gasteiger partial charge in [0.2, 0.25) is 0 Å². The molecular weight excluding hydrogens is 464 g/mol. The first-order valence-corrected chi connectivity index (χ1v) is 15.6. The van der Waals surface area contributed by atoms with Crippen molar-refractivity contribution in [2.75, 3.05) is 17.3 Å². The first-order valence-electron chi connectivity index (χ1n) is 13.8. The topological polar surface area (TPSA) is 17.1 Å². The summed E-state index contributed by atoms with van der Waals surface area (Å²) in [7, 11) is 0.369. The predicted molar refractivity (Wildman–Crippen MR) is 134 cm³/mol. The largest absolute Gasteiger partial charge is 1.00 e. The lowest BCUT2D eigenvalue weighted by molar-refractivity contribution is -0.141. The van der Waals surface area contributed by atoms with Gasteiger partial charge in [0.1, 0.15) is 11.5 Å². The van der Waals surface area contributed by atoms with Gasteiger partial charge < -0.3 is 17.0 Å². The number of rotatable bonds is 17. The van der Waals surface area contributed by atoms with Crippen molar-refractivity contribution in [3.05, 3.63) is 0 Å². The molecule has 4 aliphatic rings. The molecule has 4 bridgehead atoms. The summed E-state index contributed by atoms with van der Waals surface area (Å²) in [6.45, 7) is 4.60. The van der Waals surface area contributed by atoms with Gasteiger partial charge in [-0.25, -0.2) is 0 Å². The molecule has 0 heterocycles. The summed E-state index contributed by atoms with van der Waals surface area (Å²) in [5, 5.41) is 0. The number of hydrogen-bond acceptors (Lipinski definition) is 1. The second-order valence-corrected chi connectivity index (χ2v) is 13.7. The zero-order valence-electron chi connectivity index (χ0n) is 20.8. The summed E-state index contributed by atoms with van der Waals surface area (Å²) < 4.78 is 0. The maximum absolute atomic E-state index is 13.7. The highest BCUT2D eigenvalue weighted by atomic mass is 79.9. The molecule has 4 saturated carbocycles. The van der Waals surface area contributed by atoms with Crippen LogP contribution in [-0.2, 0) is 15.7 Å². The Balaban J connectivity index is 0.00000341. The van der Waals surface area contributed by atoms with Crippen LogP contribution in [0.25, 0.3) is 0 Å². The van der Waals surface area contributed by atoms with Crippen molar-refractivity contribution < 1.29 is 21.8 Å². The lowest BCUT2D eigenvalue weighted by Crippen LogP contribution is -3.00. The van der Waals surface area contributed by atoms with Crippen molar-refractivity contribution in [1.82, 2.24) is 0 Å². The smallest absolute Gasteiger partial charge is 0.187 e. The predicted octanol–water partition coefficient (Wildman–Crippen LogP) is 5.12. The van der Waals surface area contributed by atoms with Crippen LogP contribution in [0.5, 0.6) is 0 Å². The number of carbonyl (C=O) groups is 1. The molecule has 0 spiro atoms. The second-order valence-electron chi connectivity index (χ2n) is 11.3. The quantitative estimate of drug-likeness (QED) is 0.194. The van der Waals surface area contributed by atoms with Gasteiger partial charge in [0.05, 0.1) is 0 Å². The van der Waals surface area contributed by atoms with Crippen LogP contribution in [0.15, 0.2) is 0 Å². The fourth-order valence-corrected chi connectivity index (χ4v) is 9.60. The molecule has 0 atom stereocenters. The number of hydrogen-bond donors (Lipinski definition) is 0. The van der Waals surface area contributed by atoms with Gasteiger partial charge in [-0.15, -0.1) is 0 Å². The standard InChI is InChI=1S/C28H51OS.BrH/c1-3-5-7-9-11-13-15-30(16-14-12-10-8-6-4-2)23-27(29)28-20-24-17-25(21-28)19-26(18-24)22-28;/h24-26H,3-23H2,1-2H3;1H/q+1;/p-1. The van der Waals surface area contributed by atoms with Gasteiger partial charge in [-0.05, 0) is 92.9 Å². The summed E-state index contributed by atoms with van der Waals surface area (Å²) in [5.74, 6) is 7.08. The van der Waals surface area contributed by atoms with E-state index in [1.54, 1.807) is 0 Å². The SMILES string of the molecule is CCCCCCCC[S+](CCCCCCCC)CC(=O)C12CC3CC(CC(C3)C1)C2.[Br-]. The molecular formula is C28H51BrOS. The van der Waals surface area contributed by atoms with Gasteiger partial charge >= 0.3 is 0 Å². The molecule has 0 aromatic carbocycles. The third kappa shape index (κ3) is 8.66. The third-order valence-corrected chi connectivity index (χ3v) is 10.9. The minimum Gasteiger partial charge on any atom is -1.00 e. The lowest BCUT2D eigenvalue weighted by atomic mass is 9.48. The lowest BCUT2D eigenvalue weighted by Gasteiger charge is -2.55. The van der Waals surface area contributed by atoms with Crippen molar-refractivity contribution in [2.24, 2.45) is 23.2 Å². The third-order valence-electron chi connectivity index (χ3n) is 8.54. The molecule has 31 heavy (non-hydrogen) atoms. The van der Waals surface area contributed by atoms with E-state index in [0.717, 1.165) is 29.3 Å². The van der Waals surface area contributed by atoms with E-state index in [9.17, 15) is 4.79 Å². The van der Waals surface area contributed by atoms with Crippen molar-refractivity contribution in [2.45, 2.75) is 129 Å². The number of Topliss-reactive ketones (excluding diaryl/α,β-unsaturated/α-hetero) is 1. The number of unbranched alkanes of at least 4 members (excludes halogenated alkanes) is 10. The Hall–Kier alpha value is 0.500. The fraction of sp³-hybridized carbons (Fsp3) is 0.964. The van der Waals surface area contributed by atoms with Gasteiger partial charge in [-0.2, -0.15) is 0 Å². The van der Waals surface area contributed by atoms with Crippen LogP contribution in [-0.4, -0.2) is 23.0 Å². The van der Waals surface area contributed by atoms with E-state index in [-0.39, 0.29) is 22.4 Å². The van der Waals surface area contributed by atoms with Gasteiger partial charge in [0.25, 0.3) is 0 Å². The molecule has 4 fully saturated rings. The molecule has 0 saturated heterocycles. The summed E-state index contributed by atoms with van der Waals surface area (Å²) in [6, 6.07) is 0. The van der Waals surface area contributed by atoms with E-state index in [2.05, 4.69) is 13.8 Å². The normalized spacial score (nSPS) is 28.8. The molecule has 182 valence electrons. The zero-order valence-corrected chi connectivity index (χ0v) is 23.2. The molecule has 3 heteroatoms. The van der Waals surface area contributed by atoms with E-state index in [1.165, 1.54) is 127 Å². The highest BCUT2D eigenvalue weighted by molar-refractivity contribution is 7.97. The summed E-state index contributed by atoms with van der Waals surface area (Å²) in [5.41, 5.74) is 0.141. The van der Waals surface area contributed by atoms with E-state index in [0.29, 0.717) is 10.9 Å². The van der Waals surface area contributed by atoms with Crippen LogP contribution >= 0.6 is 0 Å². The summed E-state index contributed by atoms with van der Waals surface area (Å²) in [6.07, 6.45) is 24.8. The monoisotopic (exact) mass is 514 g/mol. The Morgan fingerprint density at radius 3 is 1.48 bits per heavy atom. The summed E-state index contributed by atoms with van der Waals surface area (Å²) in [4.78, 5) is 13.7. The molecule has 0 aromatic heterocycles. The molecule has 0 amide bonds. The van der Waals surface area contributed by atoms with Crippen molar-refractivity contribution in [3.8, 4) is 0 Å². The number of carbonyl (C=O) groups excluding carboxylic acids is 1. The van der Waals surface area contributed by atoms with Crippen LogP contribution in [0.1, 0.15) is 129 Å². The molecule has 4 rings (SSSR count). The van der Waals surface area contributed by atoms with Crippen LogP contribution < -0.4 is 17.0 Å². The molecule has 0 unspecified atom stereocenters. The zero-order chi connectivity index (χ0) is 21.2. The number of halogens is 1.